The van der Waals surface area contributed by atoms with Crippen LogP contribution < -0.4 is 5.32 Å². The number of carboxylic acid groups (broad SMARTS) is 1. The van der Waals surface area contributed by atoms with Gasteiger partial charge in [-0.05, 0) is 17.4 Å². The molecule has 1 unspecified atom stereocenters. The van der Waals surface area contributed by atoms with Crippen LogP contribution in [0.4, 0.5) is 4.79 Å². The molecule has 1 aliphatic heterocycles. The predicted octanol–water partition coefficient (Wildman–Crippen LogP) is 2.30. The number of amides is 2. The Kier molecular flexibility index (Phi) is 4.50. The van der Waals surface area contributed by atoms with Gasteiger partial charge in [-0.1, -0.05) is 44.2 Å². The summed E-state index contributed by atoms with van der Waals surface area (Å²) < 4.78 is 0. The van der Waals surface area contributed by atoms with E-state index >= 15 is 0 Å². The second-order valence-corrected chi connectivity index (χ2v) is 6.32. The van der Waals surface area contributed by atoms with Crippen molar-refractivity contribution in [1.82, 2.24) is 10.2 Å². The Morgan fingerprint density at radius 1 is 1.33 bits per heavy atom. The number of urea groups is 1. The summed E-state index contributed by atoms with van der Waals surface area (Å²) in [7, 11) is 0. The first kappa shape index (κ1) is 15.4. The minimum atomic E-state index is -0.928. The Hall–Kier alpha value is -2.04. The van der Waals surface area contributed by atoms with E-state index in [9.17, 15) is 14.7 Å². The standard InChI is InChI=1S/C16H22N2O3/c1-16(2)8-9-18(11-16)15(21)17-10-13(14(19)20)12-6-4-3-5-7-12/h3-7,13H,8-11H2,1-2H3,(H,17,21)(H,19,20). The fourth-order valence-corrected chi connectivity index (χ4v) is 2.62. The van der Waals surface area contributed by atoms with Crippen molar-refractivity contribution in [2.24, 2.45) is 5.41 Å². The van der Waals surface area contributed by atoms with Gasteiger partial charge in [-0.3, -0.25) is 4.79 Å². The lowest BCUT2D eigenvalue weighted by Crippen LogP contribution is -2.41. The van der Waals surface area contributed by atoms with E-state index in [0.717, 1.165) is 13.0 Å². The number of benzene rings is 1. The first-order valence-corrected chi connectivity index (χ1v) is 7.19. The van der Waals surface area contributed by atoms with Crippen molar-refractivity contribution in [2.45, 2.75) is 26.2 Å². The van der Waals surface area contributed by atoms with Crippen LogP contribution in [0.25, 0.3) is 0 Å². The third-order valence-electron chi connectivity index (χ3n) is 3.92. The molecule has 1 aromatic rings. The van der Waals surface area contributed by atoms with E-state index in [0.29, 0.717) is 12.1 Å². The normalized spacial score (nSPS) is 18.3. The van der Waals surface area contributed by atoms with Crippen LogP contribution in [0.5, 0.6) is 0 Å². The van der Waals surface area contributed by atoms with Crippen LogP contribution in [0.3, 0.4) is 0 Å². The molecule has 0 aliphatic carbocycles. The number of carbonyl (C=O) groups excluding carboxylic acids is 1. The quantitative estimate of drug-likeness (QED) is 0.894. The van der Waals surface area contributed by atoms with E-state index in [1.54, 1.807) is 29.2 Å². The fraction of sp³-hybridized carbons (Fsp3) is 0.500. The molecule has 1 fully saturated rings. The molecule has 2 N–H and O–H groups in total. The molecule has 2 amide bonds. The number of carboxylic acids is 1. The lowest BCUT2D eigenvalue weighted by molar-refractivity contribution is -0.138. The van der Waals surface area contributed by atoms with Gasteiger partial charge in [0, 0.05) is 19.6 Å². The van der Waals surface area contributed by atoms with Crippen LogP contribution in [0.15, 0.2) is 30.3 Å². The average molecular weight is 290 g/mol. The molecule has 1 heterocycles. The maximum atomic E-state index is 12.1. The molecule has 1 saturated heterocycles. The molecular formula is C16H22N2O3. The molecule has 0 radical (unpaired) electrons. The highest BCUT2D eigenvalue weighted by molar-refractivity contribution is 5.79. The number of nitrogens with one attached hydrogen (secondary N) is 1. The van der Waals surface area contributed by atoms with E-state index in [-0.39, 0.29) is 18.0 Å². The molecule has 1 atom stereocenters. The van der Waals surface area contributed by atoms with Crippen LogP contribution in [0.1, 0.15) is 31.7 Å². The Morgan fingerprint density at radius 2 is 2.00 bits per heavy atom. The van der Waals surface area contributed by atoms with E-state index in [1.165, 1.54) is 0 Å². The summed E-state index contributed by atoms with van der Waals surface area (Å²) in [5.41, 5.74) is 0.843. The summed E-state index contributed by atoms with van der Waals surface area (Å²) in [6, 6.07) is 8.80. The zero-order valence-electron chi connectivity index (χ0n) is 12.5. The van der Waals surface area contributed by atoms with E-state index in [2.05, 4.69) is 19.2 Å². The minimum Gasteiger partial charge on any atom is -0.481 e. The van der Waals surface area contributed by atoms with Crippen molar-refractivity contribution in [3.05, 3.63) is 35.9 Å². The number of aliphatic carboxylic acids is 1. The zero-order valence-corrected chi connectivity index (χ0v) is 12.5. The molecule has 5 nitrogen and oxygen atoms in total. The molecule has 0 bridgehead atoms. The van der Waals surface area contributed by atoms with Crippen molar-refractivity contribution < 1.29 is 14.7 Å². The molecule has 2 rings (SSSR count). The van der Waals surface area contributed by atoms with Crippen molar-refractivity contribution in [3.8, 4) is 0 Å². The van der Waals surface area contributed by atoms with Gasteiger partial charge < -0.3 is 15.3 Å². The van der Waals surface area contributed by atoms with Crippen LogP contribution in [0, 0.1) is 5.41 Å². The number of hydrogen-bond donors (Lipinski definition) is 2. The minimum absolute atomic E-state index is 0.106. The van der Waals surface area contributed by atoms with Crippen molar-refractivity contribution >= 4 is 12.0 Å². The maximum Gasteiger partial charge on any atom is 0.317 e. The summed E-state index contributed by atoms with van der Waals surface area (Å²) in [5, 5.41) is 12.1. The Bertz CT molecular complexity index is 514. The number of carbonyl (C=O) groups is 2. The fourth-order valence-electron chi connectivity index (χ4n) is 2.62. The van der Waals surface area contributed by atoms with Gasteiger partial charge in [-0.15, -0.1) is 0 Å². The third-order valence-corrected chi connectivity index (χ3v) is 3.92. The molecule has 5 heteroatoms. The van der Waals surface area contributed by atoms with Gasteiger partial charge in [0.15, 0.2) is 0 Å². The van der Waals surface area contributed by atoms with E-state index in [4.69, 9.17) is 0 Å². The highest BCUT2D eigenvalue weighted by atomic mass is 16.4. The number of rotatable bonds is 4. The molecule has 114 valence electrons. The second kappa shape index (κ2) is 6.16. The van der Waals surface area contributed by atoms with Crippen molar-refractivity contribution in [1.29, 1.82) is 0 Å². The highest BCUT2D eigenvalue weighted by Gasteiger charge is 2.32. The number of hydrogen-bond acceptors (Lipinski definition) is 2. The second-order valence-electron chi connectivity index (χ2n) is 6.32. The molecule has 0 aromatic heterocycles. The largest absolute Gasteiger partial charge is 0.481 e. The Balaban J connectivity index is 1.94. The van der Waals surface area contributed by atoms with E-state index < -0.39 is 11.9 Å². The van der Waals surface area contributed by atoms with Gasteiger partial charge in [0.1, 0.15) is 0 Å². The summed E-state index contributed by atoms with van der Waals surface area (Å²) in [6.07, 6.45) is 0.974. The lowest BCUT2D eigenvalue weighted by atomic mass is 9.93. The third kappa shape index (κ3) is 3.97. The van der Waals surface area contributed by atoms with Gasteiger partial charge in [-0.25, -0.2) is 4.79 Å². The Morgan fingerprint density at radius 3 is 2.52 bits per heavy atom. The van der Waals surface area contributed by atoms with Crippen molar-refractivity contribution in [3.63, 3.8) is 0 Å². The first-order valence-electron chi connectivity index (χ1n) is 7.19. The smallest absolute Gasteiger partial charge is 0.317 e. The monoisotopic (exact) mass is 290 g/mol. The lowest BCUT2D eigenvalue weighted by Gasteiger charge is -2.21. The van der Waals surface area contributed by atoms with Crippen LogP contribution >= 0.6 is 0 Å². The topological polar surface area (TPSA) is 69.6 Å². The predicted molar refractivity (Wildman–Crippen MR) is 80.2 cm³/mol. The Labute approximate surface area is 125 Å². The van der Waals surface area contributed by atoms with Gasteiger partial charge in [-0.2, -0.15) is 0 Å². The zero-order chi connectivity index (χ0) is 15.5. The summed E-state index contributed by atoms with van der Waals surface area (Å²) >= 11 is 0. The maximum absolute atomic E-state index is 12.1. The van der Waals surface area contributed by atoms with Crippen LogP contribution in [0.2, 0.25) is 0 Å². The van der Waals surface area contributed by atoms with Gasteiger partial charge >= 0.3 is 12.0 Å². The summed E-state index contributed by atoms with van der Waals surface area (Å²) in [6.45, 7) is 5.80. The van der Waals surface area contributed by atoms with Crippen LogP contribution in [-0.4, -0.2) is 41.6 Å². The number of likely N-dealkylation sites (tertiary alicyclic amines) is 1. The summed E-state index contributed by atoms with van der Waals surface area (Å²) in [4.78, 5) is 25.2. The molecule has 0 spiro atoms. The van der Waals surface area contributed by atoms with Gasteiger partial charge in [0.05, 0.1) is 5.92 Å². The first-order chi connectivity index (χ1) is 9.89. The molecular weight excluding hydrogens is 268 g/mol. The summed E-state index contributed by atoms with van der Waals surface area (Å²) in [5.74, 6) is -1.64. The van der Waals surface area contributed by atoms with E-state index in [1.807, 2.05) is 6.07 Å². The van der Waals surface area contributed by atoms with Gasteiger partial charge in [0.2, 0.25) is 0 Å². The highest BCUT2D eigenvalue weighted by Crippen LogP contribution is 2.28. The van der Waals surface area contributed by atoms with Gasteiger partial charge in [0.25, 0.3) is 0 Å². The van der Waals surface area contributed by atoms with Crippen LogP contribution in [-0.2, 0) is 4.79 Å². The SMILES string of the molecule is CC1(C)CCN(C(=O)NCC(C(=O)O)c2ccccc2)C1. The van der Waals surface area contributed by atoms with Crippen molar-refractivity contribution in [2.75, 3.05) is 19.6 Å². The number of nitrogens with zero attached hydrogens (tertiary/aromatic N) is 1. The molecule has 21 heavy (non-hydrogen) atoms. The molecule has 1 aromatic carbocycles. The average Bonchev–Trinajstić information content (AvgIpc) is 2.80. The molecule has 0 saturated carbocycles. The molecule has 1 aliphatic rings.